The van der Waals surface area contributed by atoms with Gasteiger partial charge in [-0.2, -0.15) is 9.61 Å². The van der Waals surface area contributed by atoms with Gasteiger partial charge in [-0.1, -0.05) is 36.4 Å². The van der Waals surface area contributed by atoms with E-state index < -0.39 is 5.60 Å². The first-order valence-corrected chi connectivity index (χ1v) is 12.7. The first kappa shape index (κ1) is 24.4. The second-order valence-corrected chi connectivity index (χ2v) is 10.00. The quantitative estimate of drug-likeness (QED) is 0.320. The van der Waals surface area contributed by atoms with E-state index in [1.54, 1.807) is 17.8 Å². The number of carbonyl (C=O) groups excluding carboxylic acids is 1. The van der Waals surface area contributed by atoms with Gasteiger partial charge in [0.05, 0.1) is 41.2 Å². The zero-order chi connectivity index (χ0) is 25.3. The molecule has 4 aromatic rings. The summed E-state index contributed by atoms with van der Waals surface area (Å²) < 4.78 is 13.1. The van der Waals surface area contributed by atoms with Gasteiger partial charge in [-0.05, 0) is 47.7 Å². The second kappa shape index (κ2) is 9.99. The number of nitrogens with two attached hydrogens (primary N) is 1. The molecule has 186 valence electrons. The number of carbonyl (C=O) groups is 1. The normalized spacial score (nSPS) is 19.9. The zero-order valence-corrected chi connectivity index (χ0v) is 21.9. The highest BCUT2D eigenvalue weighted by Crippen LogP contribution is 2.44. The lowest BCUT2D eigenvalue weighted by molar-refractivity contribution is -0.149. The van der Waals surface area contributed by atoms with Crippen molar-refractivity contribution in [3.05, 3.63) is 65.0 Å². The van der Waals surface area contributed by atoms with Crippen LogP contribution in [0.1, 0.15) is 43.7 Å². The van der Waals surface area contributed by atoms with Crippen LogP contribution in [0, 0.1) is 0 Å². The van der Waals surface area contributed by atoms with E-state index in [0.717, 1.165) is 58.2 Å². The SMILES string of the molecule is COC(=O)C[C@]1(OC)CC[C@@H](c2nc3c(-c4ccc(-c5ccccc5)nc4)cnn3c(N)c2Br)CC1. The molecule has 0 unspecified atom stereocenters. The number of esters is 1. The summed E-state index contributed by atoms with van der Waals surface area (Å²) in [6.07, 6.45) is 6.99. The van der Waals surface area contributed by atoms with E-state index in [9.17, 15) is 4.79 Å². The summed E-state index contributed by atoms with van der Waals surface area (Å²) in [6.45, 7) is 0. The monoisotopic (exact) mass is 549 g/mol. The van der Waals surface area contributed by atoms with Gasteiger partial charge in [0.25, 0.3) is 0 Å². The van der Waals surface area contributed by atoms with Gasteiger partial charge in [0.1, 0.15) is 5.82 Å². The second-order valence-electron chi connectivity index (χ2n) is 9.20. The van der Waals surface area contributed by atoms with E-state index in [-0.39, 0.29) is 18.3 Å². The number of pyridine rings is 1. The minimum Gasteiger partial charge on any atom is -0.469 e. The average molecular weight is 550 g/mol. The van der Waals surface area contributed by atoms with Gasteiger partial charge < -0.3 is 15.2 Å². The molecule has 1 fully saturated rings. The molecule has 0 amide bonds. The average Bonchev–Trinajstić information content (AvgIpc) is 3.36. The Kier molecular flexibility index (Phi) is 6.77. The molecule has 0 spiro atoms. The van der Waals surface area contributed by atoms with Crippen molar-refractivity contribution >= 4 is 33.4 Å². The number of ether oxygens (including phenoxy) is 2. The van der Waals surface area contributed by atoms with Crippen molar-refractivity contribution in [3.8, 4) is 22.4 Å². The van der Waals surface area contributed by atoms with E-state index in [2.05, 4.69) is 26.0 Å². The molecule has 0 radical (unpaired) electrons. The highest BCUT2D eigenvalue weighted by molar-refractivity contribution is 9.10. The molecule has 3 aromatic heterocycles. The Morgan fingerprint density at radius 1 is 1.11 bits per heavy atom. The molecule has 9 heteroatoms. The van der Waals surface area contributed by atoms with E-state index in [1.165, 1.54) is 7.11 Å². The molecule has 0 saturated heterocycles. The number of benzene rings is 1. The molecular weight excluding hydrogens is 522 g/mol. The molecule has 36 heavy (non-hydrogen) atoms. The van der Waals surface area contributed by atoms with Gasteiger partial charge in [0.2, 0.25) is 0 Å². The van der Waals surface area contributed by atoms with Crippen molar-refractivity contribution in [1.82, 2.24) is 19.6 Å². The van der Waals surface area contributed by atoms with Crippen LogP contribution >= 0.6 is 15.9 Å². The Labute approximate surface area is 218 Å². The van der Waals surface area contributed by atoms with Gasteiger partial charge in [0.15, 0.2) is 5.65 Å². The highest BCUT2D eigenvalue weighted by Gasteiger charge is 2.39. The van der Waals surface area contributed by atoms with Crippen LogP contribution < -0.4 is 5.73 Å². The lowest BCUT2D eigenvalue weighted by atomic mass is 9.75. The Balaban J connectivity index is 1.45. The molecule has 8 nitrogen and oxygen atoms in total. The van der Waals surface area contributed by atoms with Gasteiger partial charge in [-0.3, -0.25) is 9.78 Å². The molecular formula is C27H28BrN5O3. The number of rotatable bonds is 6. The first-order valence-electron chi connectivity index (χ1n) is 11.9. The largest absolute Gasteiger partial charge is 0.469 e. The molecule has 1 saturated carbocycles. The van der Waals surface area contributed by atoms with Gasteiger partial charge >= 0.3 is 5.97 Å². The van der Waals surface area contributed by atoms with E-state index in [0.29, 0.717) is 11.5 Å². The van der Waals surface area contributed by atoms with E-state index >= 15 is 0 Å². The van der Waals surface area contributed by atoms with Crippen LogP contribution in [0.15, 0.2) is 59.3 Å². The number of nitrogen functional groups attached to an aromatic ring is 1. The number of hydrogen-bond acceptors (Lipinski definition) is 7. The standard InChI is InChI=1S/C27H28BrN5O3/c1-35-22(34)14-27(36-2)12-10-18(11-13-27)24-23(28)25(29)33-26(32-24)20(16-31-33)19-8-9-21(30-15-19)17-6-4-3-5-7-17/h3-9,15-16,18H,10-14,29H2,1-2H3/t18-,27+. The van der Waals surface area contributed by atoms with E-state index in [4.69, 9.17) is 20.2 Å². The molecule has 5 rings (SSSR count). The van der Waals surface area contributed by atoms with Gasteiger partial charge in [0, 0.05) is 35.9 Å². The molecule has 0 aliphatic heterocycles. The third kappa shape index (κ3) is 4.49. The van der Waals surface area contributed by atoms with Crippen LogP contribution in [0.25, 0.3) is 28.0 Å². The van der Waals surface area contributed by atoms with Gasteiger partial charge in [-0.25, -0.2) is 4.98 Å². The Hall–Kier alpha value is -3.30. The lowest BCUT2D eigenvalue weighted by Gasteiger charge is -2.38. The summed E-state index contributed by atoms with van der Waals surface area (Å²) in [5.41, 5.74) is 11.3. The fraction of sp³-hybridized carbons (Fsp3) is 0.333. The minimum absolute atomic E-state index is 0.175. The predicted octanol–water partition coefficient (Wildman–Crippen LogP) is 5.41. The molecule has 3 heterocycles. The fourth-order valence-corrected chi connectivity index (χ4v) is 5.61. The summed E-state index contributed by atoms with van der Waals surface area (Å²) >= 11 is 3.67. The summed E-state index contributed by atoms with van der Waals surface area (Å²) in [6, 6.07) is 14.1. The third-order valence-electron chi connectivity index (χ3n) is 7.20. The minimum atomic E-state index is -0.500. The van der Waals surface area contributed by atoms with Crippen molar-refractivity contribution < 1.29 is 14.3 Å². The van der Waals surface area contributed by atoms with Crippen molar-refractivity contribution in [2.75, 3.05) is 20.0 Å². The van der Waals surface area contributed by atoms with Crippen LogP contribution in [0.5, 0.6) is 0 Å². The van der Waals surface area contributed by atoms with Crippen LogP contribution in [0.2, 0.25) is 0 Å². The van der Waals surface area contributed by atoms with Crippen molar-refractivity contribution in [1.29, 1.82) is 0 Å². The number of nitrogens with zero attached hydrogens (tertiary/aromatic N) is 4. The molecule has 1 aliphatic carbocycles. The molecule has 2 N–H and O–H groups in total. The van der Waals surface area contributed by atoms with Crippen molar-refractivity contribution in [3.63, 3.8) is 0 Å². The lowest BCUT2D eigenvalue weighted by Crippen LogP contribution is -2.38. The molecule has 1 aliphatic rings. The maximum Gasteiger partial charge on any atom is 0.308 e. The molecule has 1 aromatic carbocycles. The van der Waals surface area contributed by atoms with Gasteiger partial charge in [-0.15, -0.1) is 0 Å². The number of methoxy groups -OCH3 is 2. The summed E-state index contributed by atoms with van der Waals surface area (Å²) in [4.78, 5) is 21.6. The number of anilines is 1. The summed E-state index contributed by atoms with van der Waals surface area (Å²) in [7, 11) is 3.07. The summed E-state index contributed by atoms with van der Waals surface area (Å²) in [5.74, 6) is 0.429. The highest BCUT2D eigenvalue weighted by atomic mass is 79.9. The molecule has 0 bridgehead atoms. The maximum absolute atomic E-state index is 11.9. The third-order valence-corrected chi connectivity index (χ3v) is 8.02. The summed E-state index contributed by atoms with van der Waals surface area (Å²) in [5, 5.41) is 4.50. The number of halogens is 1. The van der Waals surface area contributed by atoms with Crippen LogP contribution in [0.3, 0.4) is 0 Å². The zero-order valence-electron chi connectivity index (χ0n) is 20.3. The topological polar surface area (TPSA) is 105 Å². The van der Waals surface area contributed by atoms with Crippen molar-refractivity contribution in [2.45, 2.75) is 43.6 Å². The Morgan fingerprint density at radius 3 is 2.50 bits per heavy atom. The Morgan fingerprint density at radius 2 is 1.86 bits per heavy atom. The maximum atomic E-state index is 11.9. The van der Waals surface area contributed by atoms with Crippen LogP contribution in [0.4, 0.5) is 5.82 Å². The Bertz CT molecular complexity index is 1380. The predicted molar refractivity (Wildman–Crippen MR) is 141 cm³/mol. The fourth-order valence-electron chi connectivity index (χ4n) is 5.03. The first-order chi connectivity index (χ1) is 17.4. The van der Waals surface area contributed by atoms with Crippen molar-refractivity contribution in [2.24, 2.45) is 0 Å². The van der Waals surface area contributed by atoms with E-state index in [1.807, 2.05) is 48.7 Å². The molecule has 0 atom stereocenters. The van der Waals surface area contributed by atoms with Crippen LogP contribution in [-0.2, 0) is 14.3 Å². The number of aromatic nitrogens is 4. The van der Waals surface area contributed by atoms with Crippen LogP contribution in [-0.4, -0.2) is 45.4 Å². The smallest absolute Gasteiger partial charge is 0.308 e. The number of hydrogen-bond donors (Lipinski definition) is 1. The number of fused-ring (bicyclic) bond motifs is 1.